The Labute approximate surface area is 129 Å². The van der Waals surface area contributed by atoms with Gasteiger partial charge >= 0.3 is 0 Å². The molecule has 2 heterocycles. The lowest BCUT2D eigenvalue weighted by Crippen LogP contribution is -2.49. The van der Waals surface area contributed by atoms with E-state index in [4.69, 9.17) is 10.5 Å². The summed E-state index contributed by atoms with van der Waals surface area (Å²) in [6.45, 7) is 2.60. The molecule has 0 spiro atoms. The molecule has 3 rings (SSSR count). The minimum absolute atomic E-state index is 0.000729. The standard InChI is InChI=1S/C16H20N4O2/c17-16(21)15(13-5-2-1-3-6-13)19-9-10-22-14(11-19)12-20-8-4-7-18-20/h1-8,14-15H,9-12H2,(H2,17,21). The Bertz CT molecular complexity index is 600. The van der Waals surface area contributed by atoms with Crippen molar-refractivity contribution < 1.29 is 9.53 Å². The van der Waals surface area contributed by atoms with E-state index >= 15 is 0 Å². The first-order valence-electron chi connectivity index (χ1n) is 7.41. The maximum atomic E-state index is 11.9. The van der Waals surface area contributed by atoms with Crippen LogP contribution in [0, 0.1) is 0 Å². The quantitative estimate of drug-likeness (QED) is 0.887. The van der Waals surface area contributed by atoms with Gasteiger partial charge < -0.3 is 10.5 Å². The molecular formula is C16H20N4O2. The fourth-order valence-corrected chi connectivity index (χ4v) is 2.89. The summed E-state index contributed by atoms with van der Waals surface area (Å²) in [4.78, 5) is 14.0. The van der Waals surface area contributed by atoms with Gasteiger partial charge in [0.25, 0.3) is 0 Å². The second kappa shape index (κ2) is 6.72. The number of ether oxygens (including phenoxy) is 1. The minimum Gasteiger partial charge on any atom is -0.374 e. The molecule has 22 heavy (non-hydrogen) atoms. The lowest BCUT2D eigenvalue weighted by atomic mass is 10.0. The molecule has 116 valence electrons. The molecule has 2 N–H and O–H groups in total. The topological polar surface area (TPSA) is 73.4 Å². The van der Waals surface area contributed by atoms with Crippen molar-refractivity contribution in [1.29, 1.82) is 0 Å². The fourth-order valence-electron chi connectivity index (χ4n) is 2.89. The van der Waals surface area contributed by atoms with Crippen LogP contribution in [0.5, 0.6) is 0 Å². The van der Waals surface area contributed by atoms with Crippen LogP contribution in [0.3, 0.4) is 0 Å². The molecule has 6 nitrogen and oxygen atoms in total. The van der Waals surface area contributed by atoms with E-state index in [9.17, 15) is 4.79 Å². The smallest absolute Gasteiger partial charge is 0.239 e. The molecule has 0 aliphatic carbocycles. The number of benzene rings is 1. The van der Waals surface area contributed by atoms with Gasteiger partial charge in [-0.1, -0.05) is 30.3 Å². The number of hydrogen-bond donors (Lipinski definition) is 1. The van der Waals surface area contributed by atoms with E-state index in [-0.39, 0.29) is 12.0 Å². The number of primary amides is 1. The number of carbonyl (C=O) groups excluding carboxylic acids is 1. The van der Waals surface area contributed by atoms with Crippen molar-refractivity contribution in [3.63, 3.8) is 0 Å². The normalized spacial score (nSPS) is 20.6. The largest absolute Gasteiger partial charge is 0.374 e. The van der Waals surface area contributed by atoms with Crippen molar-refractivity contribution in [2.45, 2.75) is 18.7 Å². The second-order valence-corrected chi connectivity index (χ2v) is 5.43. The van der Waals surface area contributed by atoms with Crippen LogP contribution in [0.2, 0.25) is 0 Å². The van der Waals surface area contributed by atoms with Crippen LogP contribution in [0.4, 0.5) is 0 Å². The molecule has 1 aromatic heterocycles. The average molecular weight is 300 g/mol. The molecule has 1 aromatic carbocycles. The van der Waals surface area contributed by atoms with Crippen LogP contribution in [-0.4, -0.2) is 46.4 Å². The highest BCUT2D eigenvalue weighted by Crippen LogP contribution is 2.23. The third kappa shape index (κ3) is 3.35. The number of nitrogens with two attached hydrogens (primary N) is 1. The molecule has 1 saturated heterocycles. The van der Waals surface area contributed by atoms with Crippen LogP contribution in [0.15, 0.2) is 48.8 Å². The van der Waals surface area contributed by atoms with Crippen molar-refractivity contribution in [1.82, 2.24) is 14.7 Å². The third-order valence-electron chi connectivity index (χ3n) is 3.87. The van der Waals surface area contributed by atoms with Gasteiger partial charge in [0, 0.05) is 25.5 Å². The summed E-state index contributed by atoms with van der Waals surface area (Å²) in [5.41, 5.74) is 6.57. The predicted octanol–water partition coefficient (Wildman–Crippen LogP) is 0.810. The SMILES string of the molecule is NC(=O)C(c1ccccc1)N1CCOC(Cn2cccn2)C1. The summed E-state index contributed by atoms with van der Waals surface area (Å²) in [6.07, 6.45) is 3.65. The zero-order valence-corrected chi connectivity index (χ0v) is 12.3. The summed E-state index contributed by atoms with van der Waals surface area (Å²) < 4.78 is 7.64. The predicted molar refractivity (Wildman–Crippen MR) is 81.9 cm³/mol. The lowest BCUT2D eigenvalue weighted by Gasteiger charge is -2.37. The molecule has 1 fully saturated rings. The summed E-state index contributed by atoms with van der Waals surface area (Å²) >= 11 is 0. The second-order valence-electron chi connectivity index (χ2n) is 5.43. The maximum absolute atomic E-state index is 11.9. The van der Waals surface area contributed by atoms with Crippen LogP contribution >= 0.6 is 0 Å². The van der Waals surface area contributed by atoms with E-state index in [0.717, 1.165) is 5.56 Å². The molecule has 1 aliphatic heterocycles. The molecule has 2 unspecified atom stereocenters. The van der Waals surface area contributed by atoms with Crippen molar-refractivity contribution in [3.8, 4) is 0 Å². The first kappa shape index (κ1) is 14.7. The third-order valence-corrected chi connectivity index (χ3v) is 3.87. The van der Waals surface area contributed by atoms with Gasteiger partial charge in [-0.3, -0.25) is 14.4 Å². The summed E-state index contributed by atoms with van der Waals surface area (Å²) in [5, 5.41) is 4.20. The van der Waals surface area contributed by atoms with Gasteiger partial charge in [0.15, 0.2) is 0 Å². The number of aromatic nitrogens is 2. The zero-order valence-electron chi connectivity index (χ0n) is 12.3. The van der Waals surface area contributed by atoms with Crippen LogP contribution in [0.1, 0.15) is 11.6 Å². The molecular weight excluding hydrogens is 280 g/mol. The zero-order chi connectivity index (χ0) is 15.4. The Kier molecular flexibility index (Phi) is 4.50. The molecule has 6 heteroatoms. The maximum Gasteiger partial charge on any atom is 0.239 e. The van der Waals surface area contributed by atoms with Crippen LogP contribution in [0.25, 0.3) is 0 Å². The van der Waals surface area contributed by atoms with Gasteiger partial charge in [0.05, 0.1) is 19.3 Å². The first-order valence-corrected chi connectivity index (χ1v) is 7.41. The summed E-state index contributed by atoms with van der Waals surface area (Å²) in [7, 11) is 0. The number of nitrogens with zero attached hydrogens (tertiary/aromatic N) is 3. The van der Waals surface area contributed by atoms with Crippen molar-refractivity contribution >= 4 is 5.91 Å². The fraction of sp³-hybridized carbons (Fsp3) is 0.375. The number of carbonyl (C=O) groups is 1. The van der Waals surface area contributed by atoms with Crippen molar-refractivity contribution in [3.05, 3.63) is 54.4 Å². The number of hydrogen-bond acceptors (Lipinski definition) is 4. The average Bonchev–Trinajstić information content (AvgIpc) is 3.01. The molecule has 2 atom stereocenters. The van der Waals surface area contributed by atoms with E-state index in [0.29, 0.717) is 26.2 Å². The Morgan fingerprint density at radius 1 is 1.36 bits per heavy atom. The van der Waals surface area contributed by atoms with Gasteiger partial charge in [-0.15, -0.1) is 0 Å². The van der Waals surface area contributed by atoms with Gasteiger partial charge in [0.2, 0.25) is 5.91 Å². The molecule has 0 saturated carbocycles. The van der Waals surface area contributed by atoms with Crippen molar-refractivity contribution in [2.24, 2.45) is 5.73 Å². The molecule has 0 radical (unpaired) electrons. The first-order chi connectivity index (χ1) is 10.7. The van der Waals surface area contributed by atoms with Gasteiger partial charge in [-0.05, 0) is 11.6 Å². The molecule has 0 bridgehead atoms. The number of rotatable bonds is 5. The van der Waals surface area contributed by atoms with Gasteiger partial charge in [-0.2, -0.15) is 5.10 Å². The highest BCUT2D eigenvalue weighted by atomic mass is 16.5. The Hall–Kier alpha value is -2.18. The minimum atomic E-state index is -0.412. The van der Waals surface area contributed by atoms with E-state index in [1.165, 1.54) is 0 Å². The lowest BCUT2D eigenvalue weighted by molar-refractivity contribution is -0.127. The van der Waals surface area contributed by atoms with Crippen LogP contribution in [-0.2, 0) is 16.1 Å². The number of morpholine rings is 1. The van der Waals surface area contributed by atoms with Gasteiger partial charge in [0.1, 0.15) is 6.04 Å². The van der Waals surface area contributed by atoms with Gasteiger partial charge in [-0.25, -0.2) is 0 Å². The highest BCUT2D eigenvalue weighted by molar-refractivity contribution is 5.81. The van der Waals surface area contributed by atoms with E-state index in [2.05, 4.69) is 10.00 Å². The monoisotopic (exact) mass is 300 g/mol. The summed E-state index contributed by atoms with van der Waals surface area (Å²) in [6, 6.07) is 11.1. The van der Waals surface area contributed by atoms with E-state index in [1.807, 2.05) is 47.3 Å². The Balaban J connectivity index is 1.73. The summed E-state index contributed by atoms with van der Waals surface area (Å²) in [5.74, 6) is -0.328. The molecule has 1 amide bonds. The van der Waals surface area contributed by atoms with E-state index < -0.39 is 6.04 Å². The van der Waals surface area contributed by atoms with Crippen LogP contribution < -0.4 is 5.73 Å². The van der Waals surface area contributed by atoms with E-state index in [1.54, 1.807) is 6.20 Å². The Morgan fingerprint density at radius 3 is 2.86 bits per heavy atom. The molecule has 1 aliphatic rings. The highest BCUT2D eigenvalue weighted by Gasteiger charge is 2.31. The van der Waals surface area contributed by atoms with Crippen molar-refractivity contribution in [2.75, 3.05) is 19.7 Å². The number of amides is 1. The molecule has 2 aromatic rings. The Morgan fingerprint density at radius 2 is 2.18 bits per heavy atom.